The number of H-pyrrole nitrogens is 1. The average Bonchev–Trinajstić information content (AvgIpc) is 3.29. The number of carboxylic acids is 1. The third-order valence-corrected chi connectivity index (χ3v) is 8.11. The SMILES string of the molecule is C#CCN(C)C(=N)c1ccc(CN2C(=O)CN(S(=O)(=O)c3cc4cc(Cl)ccc4[nH]3)CC2C(=O)O)cc1. The number of halogens is 1. The van der Waals surface area contributed by atoms with Gasteiger partial charge in [-0.3, -0.25) is 10.2 Å². The predicted molar refractivity (Wildman–Crippen MR) is 139 cm³/mol. The van der Waals surface area contributed by atoms with Crippen LogP contribution in [0.5, 0.6) is 0 Å². The summed E-state index contributed by atoms with van der Waals surface area (Å²) in [6.45, 7) is -0.655. The number of rotatable bonds is 7. The molecule has 0 bridgehead atoms. The number of amidine groups is 1. The second-order valence-electron chi connectivity index (χ2n) is 8.64. The van der Waals surface area contributed by atoms with Crippen molar-refractivity contribution < 1.29 is 23.1 Å². The molecule has 4 rings (SSSR count). The number of nitrogens with one attached hydrogen (secondary N) is 2. The molecule has 1 amide bonds. The zero-order chi connectivity index (χ0) is 26.9. The first-order chi connectivity index (χ1) is 17.5. The second kappa shape index (κ2) is 10.3. The minimum absolute atomic E-state index is 0.0254. The number of aliphatic carboxylic acids is 1. The highest BCUT2D eigenvalue weighted by Gasteiger charge is 2.42. The molecular formula is C25H24ClN5O5S. The minimum Gasteiger partial charge on any atom is -0.480 e. The molecule has 1 atom stereocenters. The molecule has 192 valence electrons. The molecule has 1 aliphatic heterocycles. The van der Waals surface area contributed by atoms with Gasteiger partial charge in [0.2, 0.25) is 5.91 Å². The van der Waals surface area contributed by atoms with Crippen LogP contribution in [-0.2, 0) is 26.2 Å². The van der Waals surface area contributed by atoms with Crippen molar-refractivity contribution in [2.24, 2.45) is 0 Å². The molecule has 0 saturated carbocycles. The first-order valence-corrected chi connectivity index (χ1v) is 13.0. The van der Waals surface area contributed by atoms with Gasteiger partial charge in [-0.15, -0.1) is 6.42 Å². The number of piperazine rings is 1. The van der Waals surface area contributed by atoms with Crippen LogP contribution in [-0.4, -0.2) is 83.0 Å². The number of hydrogen-bond donors (Lipinski definition) is 3. The van der Waals surface area contributed by atoms with Gasteiger partial charge in [0.05, 0.1) is 13.1 Å². The molecule has 1 unspecified atom stereocenters. The number of amides is 1. The van der Waals surface area contributed by atoms with E-state index < -0.39 is 41.0 Å². The molecule has 2 aromatic carbocycles. The minimum atomic E-state index is -4.18. The topological polar surface area (TPSA) is 138 Å². The quantitative estimate of drug-likeness (QED) is 0.238. The third kappa shape index (κ3) is 5.32. The highest BCUT2D eigenvalue weighted by atomic mass is 35.5. The number of carbonyl (C=O) groups excluding carboxylic acids is 1. The summed E-state index contributed by atoms with van der Waals surface area (Å²) < 4.78 is 27.4. The van der Waals surface area contributed by atoms with Crippen LogP contribution in [0.15, 0.2) is 53.6 Å². The number of aromatic amines is 1. The summed E-state index contributed by atoms with van der Waals surface area (Å²) in [5, 5.41) is 18.9. The Hall–Kier alpha value is -3.85. The van der Waals surface area contributed by atoms with Gasteiger partial charge in [0, 0.05) is 41.6 Å². The van der Waals surface area contributed by atoms with Gasteiger partial charge in [-0.1, -0.05) is 41.8 Å². The van der Waals surface area contributed by atoms with Gasteiger partial charge >= 0.3 is 5.97 Å². The maximum absolute atomic E-state index is 13.3. The van der Waals surface area contributed by atoms with E-state index in [4.69, 9.17) is 23.4 Å². The summed E-state index contributed by atoms with van der Waals surface area (Å²) in [5.41, 5.74) is 1.79. The van der Waals surface area contributed by atoms with E-state index in [0.717, 1.165) is 9.21 Å². The standard InChI is InChI=1S/C25H24ClN5O5S/c1-3-10-29(2)24(27)17-6-4-16(5-7-17)13-31-21(25(33)34)14-30(15-23(31)32)37(35,36)22-12-18-11-19(26)8-9-20(18)28-22/h1,4-9,11-12,21,27-28H,10,13-15H2,2H3,(H,33,34). The van der Waals surface area contributed by atoms with Crippen LogP contribution in [0.1, 0.15) is 11.1 Å². The van der Waals surface area contributed by atoms with Gasteiger partial charge < -0.3 is 19.9 Å². The van der Waals surface area contributed by atoms with E-state index in [9.17, 15) is 23.1 Å². The Bertz CT molecular complexity index is 1530. The summed E-state index contributed by atoms with van der Waals surface area (Å²) >= 11 is 5.99. The maximum Gasteiger partial charge on any atom is 0.327 e. The van der Waals surface area contributed by atoms with Gasteiger partial charge in [0.15, 0.2) is 0 Å². The highest BCUT2D eigenvalue weighted by Crippen LogP contribution is 2.26. The lowest BCUT2D eigenvalue weighted by Gasteiger charge is -2.38. The first-order valence-electron chi connectivity index (χ1n) is 11.1. The molecule has 10 nitrogen and oxygen atoms in total. The number of carbonyl (C=O) groups is 2. The lowest BCUT2D eigenvalue weighted by molar-refractivity contribution is -0.154. The molecule has 3 aromatic rings. The van der Waals surface area contributed by atoms with Crippen LogP contribution in [0.4, 0.5) is 0 Å². The summed E-state index contributed by atoms with van der Waals surface area (Å²) in [7, 11) is -2.48. The van der Waals surface area contributed by atoms with Crippen molar-refractivity contribution in [3.05, 3.63) is 64.7 Å². The van der Waals surface area contributed by atoms with Crippen LogP contribution < -0.4 is 0 Å². The Kier molecular flexibility index (Phi) is 7.27. The lowest BCUT2D eigenvalue weighted by Crippen LogP contribution is -2.60. The van der Waals surface area contributed by atoms with E-state index in [1.54, 1.807) is 54.4 Å². The summed E-state index contributed by atoms with van der Waals surface area (Å²) in [4.78, 5) is 30.7. The number of nitrogens with zero attached hydrogens (tertiary/aromatic N) is 3. The van der Waals surface area contributed by atoms with Crippen molar-refractivity contribution in [3.8, 4) is 12.3 Å². The molecule has 2 heterocycles. The van der Waals surface area contributed by atoms with Crippen molar-refractivity contribution in [3.63, 3.8) is 0 Å². The van der Waals surface area contributed by atoms with Crippen LogP contribution in [0.3, 0.4) is 0 Å². The summed E-state index contributed by atoms with van der Waals surface area (Å²) in [6, 6.07) is 11.6. The molecule has 0 aliphatic carbocycles. The second-order valence-corrected chi connectivity index (χ2v) is 11.0. The number of sulfonamides is 1. The predicted octanol–water partition coefficient (Wildman–Crippen LogP) is 2.20. The fourth-order valence-electron chi connectivity index (χ4n) is 4.12. The normalized spacial score (nSPS) is 16.5. The third-order valence-electron chi connectivity index (χ3n) is 6.14. The lowest BCUT2D eigenvalue weighted by atomic mass is 10.1. The van der Waals surface area contributed by atoms with E-state index in [2.05, 4.69) is 10.9 Å². The molecule has 0 radical (unpaired) electrons. The molecule has 1 aliphatic rings. The Balaban J connectivity index is 1.53. The number of aromatic nitrogens is 1. The molecule has 0 spiro atoms. The van der Waals surface area contributed by atoms with E-state index in [1.807, 2.05) is 0 Å². The van der Waals surface area contributed by atoms with E-state index in [1.165, 1.54) is 6.07 Å². The summed E-state index contributed by atoms with van der Waals surface area (Å²) in [5.74, 6) is 0.746. The van der Waals surface area contributed by atoms with E-state index >= 15 is 0 Å². The molecule has 12 heteroatoms. The maximum atomic E-state index is 13.3. The van der Waals surface area contributed by atoms with E-state index in [-0.39, 0.29) is 24.0 Å². The van der Waals surface area contributed by atoms with Crippen LogP contribution in [0, 0.1) is 17.8 Å². The molecule has 3 N–H and O–H groups in total. The van der Waals surface area contributed by atoms with Crippen molar-refractivity contribution in [1.82, 2.24) is 19.1 Å². The van der Waals surface area contributed by atoms with Crippen molar-refractivity contribution in [1.29, 1.82) is 5.41 Å². The van der Waals surface area contributed by atoms with Gasteiger partial charge in [0.1, 0.15) is 16.9 Å². The average molecular weight is 542 g/mol. The molecule has 1 fully saturated rings. The smallest absolute Gasteiger partial charge is 0.327 e. The Morgan fingerprint density at radius 3 is 2.62 bits per heavy atom. The summed E-state index contributed by atoms with van der Waals surface area (Å²) in [6.07, 6.45) is 5.30. The van der Waals surface area contributed by atoms with Gasteiger partial charge in [0.25, 0.3) is 10.0 Å². The molecule has 1 aromatic heterocycles. The highest BCUT2D eigenvalue weighted by molar-refractivity contribution is 7.89. The number of terminal acetylenes is 1. The van der Waals surface area contributed by atoms with Crippen LogP contribution in [0.2, 0.25) is 5.02 Å². The molecular weight excluding hydrogens is 518 g/mol. The van der Waals surface area contributed by atoms with E-state index in [0.29, 0.717) is 27.1 Å². The molecule has 37 heavy (non-hydrogen) atoms. The Morgan fingerprint density at radius 1 is 1.27 bits per heavy atom. The monoisotopic (exact) mass is 541 g/mol. The largest absolute Gasteiger partial charge is 0.480 e. The Labute approximate surface area is 219 Å². The number of benzene rings is 2. The van der Waals surface area contributed by atoms with Crippen LogP contribution in [0.25, 0.3) is 10.9 Å². The number of fused-ring (bicyclic) bond motifs is 1. The number of carboxylic acid groups (broad SMARTS) is 1. The zero-order valence-electron chi connectivity index (χ0n) is 19.8. The number of hydrogen-bond acceptors (Lipinski definition) is 5. The van der Waals surface area contributed by atoms with Crippen molar-refractivity contribution in [2.45, 2.75) is 17.6 Å². The van der Waals surface area contributed by atoms with Crippen molar-refractivity contribution in [2.75, 3.05) is 26.7 Å². The first kappa shape index (κ1) is 26.2. The van der Waals surface area contributed by atoms with Crippen molar-refractivity contribution >= 4 is 50.2 Å². The van der Waals surface area contributed by atoms with Crippen LogP contribution >= 0.6 is 11.6 Å². The van der Waals surface area contributed by atoms with Gasteiger partial charge in [-0.05, 0) is 29.8 Å². The Morgan fingerprint density at radius 2 is 1.97 bits per heavy atom. The molecule has 1 saturated heterocycles. The fraction of sp³-hybridized carbons (Fsp3) is 0.240. The van der Waals surface area contributed by atoms with Gasteiger partial charge in [-0.25, -0.2) is 13.2 Å². The zero-order valence-corrected chi connectivity index (χ0v) is 21.4. The fourth-order valence-corrected chi connectivity index (χ4v) is 5.71. The van der Waals surface area contributed by atoms with Gasteiger partial charge in [-0.2, -0.15) is 4.31 Å².